The number of benzene rings is 3. The van der Waals surface area contributed by atoms with Gasteiger partial charge >= 0.3 is 11.9 Å². The molecule has 0 aliphatic carbocycles. The van der Waals surface area contributed by atoms with Crippen LogP contribution in [0.15, 0.2) is 72.8 Å². The Morgan fingerprint density at radius 1 is 0.704 bits per heavy atom. The zero-order valence-electron chi connectivity index (χ0n) is 14.3. The zero-order chi connectivity index (χ0) is 19.2. The van der Waals surface area contributed by atoms with Crippen LogP contribution < -0.4 is 14.2 Å². The Morgan fingerprint density at radius 2 is 1.26 bits per heavy atom. The van der Waals surface area contributed by atoms with Gasteiger partial charge < -0.3 is 14.2 Å². The second-order valence-corrected chi connectivity index (χ2v) is 5.89. The van der Waals surface area contributed by atoms with Crippen molar-refractivity contribution >= 4 is 23.5 Å². The van der Waals surface area contributed by atoms with Crippen LogP contribution in [0.1, 0.15) is 20.7 Å². The largest absolute Gasteiger partial charge is 0.497 e. The third kappa shape index (κ3) is 4.65. The molecule has 0 fully saturated rings. The molecule has 6 heteroatoms. The lowest BCUT2D eigenvalue weighted by atomic mass is 10.1. The molecular formula is C21H15ClO5. The number of hydrogen-bond acceptors (Lipinski definition) is 5. The van der Waals surface area contributed by atoms with Crippen molar-refractivity contribution < 1.29 is 23.8 Å². The molecule has 3 aromatic rings. The van der Waals surface area contributed by atoms with Gasteiger partial charge in [0.05, 0.1) is 18.2 Å². The number of halogens is 1. The van der Waals surface area contributed by atoms with E-state index in [2.05, 4.69) is 0 Å². The van der Waals surface area contributed by atoms with Crippen LogP contribution in [0.3, 0.4) is 0 Å². The topological polar surface area (TPSA) is 61.8 Å². The van der Waals surface area contributed by atoms with Crippen molar-refractivity contribution in [2.45, 2.75) is 0 Å². The van der Waals surface area contributed by atoms with Crippen molar-refractivity contribution in [3.05, 3.63) is 88.9 Å². The summed E-state index contributed by atoms with van der Waals surface area (Å²) < 4.78 is 15.7. The van der Waals surface area contributed by atoms with Crippen LogP contribution in [0.5, 0.6) is 17.2 Å². The van der Waals surface area contributed by atoms with E-state index >= 15 is 0 Å². The first-order chi connectivity index (χ1) is 13.1. The molecule has 0 spiro atoms. The minimum absolute atomic E-state index is 0.0935. The first-order valence-electron chi connectivity index (χ1n) is 8.00. The number of rotatable bonds is 5. The maximum atomic E-state index is 12.5. The molecule has 27 heavy (non-hydrogen) atoms. The number of esters is 2. The van der Waals surface area contributed by atoms with Crippen LogP contribution in [0, 0.1) is 0 Å². The molecule has 0 heterocycles. The second kappa shape index (κ2) is 8.38. The summed E-state index contributed by atoms with van der Waals surface area (Å²) in [5.41, 5.74) is 0.191. The molecule has 3 aromatic carbocycles. The van der Waals surface area contributed by atoms with Crippen LogP contribution in [0.2, 0.25) is 5.02 Å². The summed E-state index contributed by atoms with van der Waals surface area (Å²) in [5, 5.41) is 0.438. The molecule has 0 radical (unpaired) electrons. The first kappa shape index (κ1) is 18.5. The Labute approximate surface area is 161 Å². The molecule has 136 valence electrons. The van der Waals surface area contributed by atoms with Gasteiger partial charge in [0.15, 0.2) is 0 Å². The SMILES string of the molecule is COc1ccc(OC(=O)c2ccccc2C(=O)Oc2cccc(Cl)c2)cc1. The lowest BCUT2D eigenvalue weighted by Gasteiger charge is -2.10. The molecular weight excluding hydrogens is 368 g/mol. The summed E-state index contributed by atoms with van der Waals surface area (Å²) in [6.07, 6.45) is 0. The third-order valence-electron chi connectivity index (χ3n) is 3.64. The maximum Gasteiger partial charge on any atom is 0.344 e. The van der Waals surface area contributed by atoms with E-state index in [-0.39, 0.29) is 16.9 Å². The Hall–Kier alpha value is -3.31. The van der Waals surface area contributed by atoms with Gasteiger partial charge in [-0.25, -0.2) is 9.59 Å². The van der Waals surface area contributed by atoms with Gasteiger partial charge in [0.1, 0.15) is 17.2 Å². The van der Waals surface area contributed by atoms with Crippen LogP contribution in [-0.2, 0) is 0 Å². The highest BCUT2D eigenvalue weighted by Gasteiger charge is 2.20. The highest BCUT2D eigenvalue weighted by Crippen LogP contribution is 2.22. The number of carbonyl (C=O) groups excluding carboxylic acids is 2. The summed E-state index contributed by atoms with van der Waals surface area (Å²) in [6, 6.07) is 19.3. The van der Waals surface area contributed by atoms with E-state index in [1.807, 2.05) is 0 Å². The molecule has 0 aromatic heterocycles. The van der Waals surface area contributed by atoms with Crippen LogP contribution in [-0.4, -0.2) is 19.0 Å². The molecule has 0 saturated carbocycles. The van der Waals surface area contributed by atoms with E-state index in [1.54, 1.807) is 61.7 Å². The highest BCUT2D eigenvalue weighted by molar-refractivity contribution is 6.30. The molecule has 0 amide bonds. The normalized spacial score (nSPS) is 10.1. The van der Waals surface area contributed by atoms with Gasteiger partial charge in [-0.15, -0.1) is 0 Å². The smallest absolute Gasteiger partial charge is 0.344 e. The van der Waals surface area contributed by atoms with E-state index in [0.29, 0.717) is 16.5 Å². The molecule has 5 nitrogen and oxygen atoms in total. The van der Waals surface area contributed by atoms with Crippen molar-refractivity contribution in [3.8, 4) is 17.2 Å². The quantitative estimate of drug-likeness (QED) is 0.469. The van der Waals surface area contributed by atoms with E-state index in [9.17, 15) is 9.59 Å². The van der Waals surface area contributed by atoms with E-state index in [0.717, 1.165) is 0 Å². The van der Waals surface area contributed by atoms with Crippen molar-refractivity contribution in [2.24, 2.45) is 0 Å². The Kier molecular flexibility index (Phi) is 5.74. The number of ether oxygens (including phenoxy) is 3. The predicted octanol–water partition coefficient (Wildman–Crippen LogP) is 4.79. The van der Waals surface area contributed by atoms with Gasteiger partial charge in [-0.05, 0) is 54.6 Å². The molecule has 0 aliphatic heterocycles. The minimum atomic E-state index is -0.681. The summed E-state index contributed by atoms with van der Waals surface area (Å²) in [4.78, 5) is 25.0. The minimum Gasteiger partial charge on any atom is -0.497 e. The highest BCUT2D eigenvalue weighted by atomic mass is 35.5. The van der Waals surface area contributed by atoms with Crippen molar-refractivity contribution in [2.75, 3.05) is 7.11 Å². The summed E-state index contributed by atoms with van der Waals surface area (Å²) in [6.45, 7) is 0. The summed E-state index contributed by atoms with van der Waals surface area (Å²) in [7, 11) is 1.54. The van der Waals surface area contributed by atoms with Gasteiger partial charge in [-0.1, -0.05) is 29.8 Å². The van der Waals surface area contributed by atoms with Crippen LogP contribution >= 0.6 is 11.6 Å². The first-order valence-corrected chi connectivity index (χ1v) is 8.37. The Morgan fingerprint density at radius 3 is 1.81 bits per heavy atom. The number of methoxy groups -OCH3 is 1. The molecule has 0 unspecified atom stereocenters. The molecule has 3 rings (SSSR count). The maximum absolute atomic E-state index is 12.5. The van der Waals surface area contributed by atoms with Crippen molar-refractivity contribution in [3.63, 3.8) is 0 Å². The molecule has 0 N–H and O–H groups in total. The van der Waals surface area contributed by atoms with Crippen LogP contribution in [0.25, 0.3) is 0 Å². The Bertz CT molecular complexity index is 966. The van der Waals surface area contributed by atoms with Crippen molar-refractivity contribution in [1.82, 2.24) is 0 Å². The van der Waals surface area contributed by atoms with Crippen molar-refractivity contribution in [1.29, 1.82) is 0 Å². The summed E-state index contributed by atoms with van der Waals surface area (Å²) >= 11 is 5.89. The monoisotopic (exact) mass is 382 g/mol. The molecule has 0 atom stereocenters. The van der Waals surface area contributed by atoms with E-state index in [1.165, 1.54) is 18.2 Å². The fraction of sp³-hybridized carbons (Fsp3) is 0.0476. The van der Waals surface area contributed by atoms with E-state index in [4.69, 9.17) is 25.8 Å². The summed E-state index contributed by atoms with van der Waals surface area (Å²) in [5.74, 6) is -0.0942. The molecule has 0 bridgehead atoms. The lowest BCUT2D eigenvalue weighted by molar-refractivity contribution is 0.0692. The zero-order valence-corrected chi connectivity index (χ0v) is 15.1. The Balaban J connectivity index is 1.79. The van der Waals surface area contributed by atoms with Gasteiger partial charge in [0, 0.05) is 5.02 Å². The van der Waals surface area contributed by atoms with Crippen LogP contribution in [0.4, 0.5) is 0 Å². The second-order valence-electron chi connectivity index (χ2n) is 5.46. The fourth-order valence-electron chi connectivity index (χ4n) is 2.34. The van der Waals surface area contributed by atoms with Gasteiger partial charge in [-0.2, -0.15) is 0 Å². The van der Waals surface area contributed by atoms with E-state index < -0.39 is 11.9 Å². The average molecular weight is 383 g/mol. The van der Waals surface area contributed by atoms with Gasteiger partial charge in [0.2, 0.25) is 0 Å². The molecule has 0 saturated heterocycles. The average Bonchev–Trinajstić information content (AvgIpc) is 2.68. The predicted molar refractivity (Wildman–Crippen MR) is 101 cm³/mol. The third-order valence-corrected chi connectivity index (χ3v) is 3.88. The molecule has 0 aliphatic rings. The fourth-order valence-corrected chi connectivity index (χ4v) is 2.52. The lowest BCUT2D eigenvalue weighted by Crippen LogP contribution is -2.17. The van der Waals surface area contributed by atoms with Gasteiger partial charge in [0.25, 0.3) is 0 Å². The van der Waals surface area contributed by atoms with Gasteiger partial charge in [-0.3, -0.25) is 0 Å². The number of carbonyl (C=O) groups is 2. The number of hydrogen-bond donors (Lipinski definition) is 0. The standard InChI is InChI=1S/C21H15ClO5/c1-25-15-9-11-16(12-10-15)26-20(23)18-7-2-3-8-19(18)21(24)27-17-6-4-5-14(22)13-17/h2-13H,1H3.